The Morgan fingerprint density at radius 2 is 1.84 bits per heavy atom. The number of aromatic nitrogens is 1. The van der Waals surface area contributed by atoms with Gasteiger partial charge in [0.25, 0.3) is 0 Å². The second kappa shape index (κ2) is 10.9. The maximum atomic E-state index is 12.9. The molecule has 0 saturated carbocycles. The van der Waals surface area contributed by atoms with Crippen LogP contribution in [0, 0.1) is 0 Å². The number of pyridine rings is 1. The van der Waals surface area contributed by atoms with Crippen LogP contribution in [-0.2, 0) is 16.4 Å². The molecule has 3 N–H and O–H groups in total. The fourth-order valence-corrected chi connectivity index (χ4v) is 3.85. The minimum Gasteiger partial charge on any atom is -0.454 e. The van der Waals surface area contributed by atoms with Crippen molar-refractivity contribution in [3.63, 3.8) is 0 Å². The minimum absolute atomic E-state index is 0.0797. The molecule has 0 aliphatic rings. The number of Topliss-reactive ketones (excluding diaryl/α,β-unsaturated/α-hetero) is 1. The number of anilines is 1. The van der Waals surface area contributed by atoms with Crippen molar-refractivity contribution in [3.05, 3.63) is 78.1 Å². The number of carbonyl (C=O) groups excluding carboxylic acids is 1. The van der Waals surface area contributed by atoms with Crippen molar-refractivity contribution in [1.82, 2.24) is 4.98 Å². The third kappa shape index (κ3) is 6.38. The van der Waals surface area contributed by atoms with E-state index in [9.17, 15) is 13.2 Å². The molecule has 3 aromatic rings. The van der Waals surface area contributed by atoms with Gasteiger partial charge in [0.2, 0.25) is 10.0 Å². The van der Waals surface area contributed by atoms with Gasteiger partial charge in [-0.05, 0) is 49.2 Å². The Balaban J connectivity index is 1.98. The first-order valence-corrected chi connectivity index (χ1v) is 12.0. The van der Waals surface area contributed by atoms with Crippen molar-refractivity contribution in [1.29, 1.82) is 0 Å². The summed E-state index contributed by atoms with van der Waals surface area (Å²) in [5.74, 6) is 0.339. The predicted octanol–water partition coefficient (Wildman–Crippen LogP) is 4.55. The molecule has 32 heavy (non-hydrogen) atoms. The summed E-state index contributed by atoms with van der Waals surface area (Å²) in [5, 5.41) is 8.72. The van der Waals surface area contributed by atoms with Gasteiger partial charge in [-0.25, -0.2) is 13.6 Å². The Kier molecular flexibility index (Phi) is 7.97. The molecule has 8 heteroatoms. The van der Waals surface area contributed by atoms with Crippen LogP contribution in [0.25, 0.3) is 0 Å². The first-order chi connectivity index (χ1) is 15.4. The number of nitrogens with zero attached hydrogens (tertiary/aromatic N) is 1. The van der Waals surface area contributed by atoms with Gasteiger partial charge < -0.3 is 10.1 Å². The van der Waals surface area contributed by atoms with E-state index in [0.29, 0.717) is 24.4 Å². The number of carbonyl (C=O) groups is 1. The number of hydrogen-bond acceptors (Lipinski definition) is 6. The highest BCUT2D eigenvalue weighted by Gasteiger charge is 2.23. The summed E-state index contributed by atoms with van der Waals surface area (Å²) in [4.78, 5) is 16.9. The Labute approximate surface area is 188 Å². The summed E-state index contributed by atoms with van der Waals surface area (Å²) in [6.07, 6.45) is 4.13. The molecule has 2 aromatic carbocycles. The lowest BCUT2D eigenvalue weighted by Gasteiger charge is -2.18. The summed E-state index contributed by atoms with van der Waals surface area (Å²) in [5.41, 5.74) is 1.46. The van der Waals surface area contributed by atoms with Crippen molar-refractivity contribution < 1.29 is 17.9 Å². The van der Waals surface area contributed by atoms with Gasteiger partial charge in [-0.2, -0.15) is 0 Å². The molecular weight excluding hydrogens is 426 g/mol. The zero-order valence-electron chi connectivity index (χ0n) is 18.0. The largest absolute Gasteiger partial charge is 0.454 e. The summed E-state index contributed by atoms with van der Waals surface area (Å²) in [6.45, 7) is 2.65. The normalized spacial score (nSPS) is 11.2. The quantitative estimate of drug-likeness (QED) is 0.325. The van der Waals surface area contributed by atoms with E-state index < -0.39 is 10.0 Å². The van der Waals surface area contributed by atoms with Crippen LogP contribution in [0.3, 0.4) is 0 Å². The van der Waals surface area contributed by atoms with Crippen LogP contribution in [0.4, 0.5) is 5.69 Å². The third-order valence-corrected chi connectivity index (χ3v) is 5.74. The van der Waals surface area contributed by atoms with E-state index in [1.165, 1.54) is 6.07 Å². The average Bonchev–Trinajstić information content (AvgIpc) is 2.79. The molecule has 0 unspecified atom stereocenters. The zero-order chi connectivity index (χ0) is 23.0. The molecule has 0 saturated heterocycles. The number of unbranched alkanes of at least 4 members (excludes halogenated alkanes) is 1. The molecule has 0 aliphatic heterocycles. The second-order valence-corrected chi connectivity index (χ2v) is 8.87. The van der Waals surface area contributed by atoms with Crippen LogP contribution in [0.15, 0.2) is 71.8 Å². The van der Waals surface area contributed by atoms with E-state index in [2.05, 4.69) is 17.2 Å². The number of hydrogen-bond donors (Lipinski definition) is 2. The number of nitrogens with one attached hydrogen (secondary N) is 1. The van der Waals surface area contributed by atoms with Crippen LogP contribution in [-0.4, -0.2) is 25.7 Å². The standard InChI is InChI=1S/C24H27N3O4S/c1-2-3-14-27-21-16-18(22(28)13-12-19-9-7-8-15-26-19)17-23(32(25,29)30)24(21)31-20-10-5-4-6-11-20/h4-11,15-17,27H,2-3,12-14H2,1H3,(H2,25,29,30). The van der Waals surface area contributed by atoms with Crippen LogP contribution in [0.2, 0.25) is 0 Å². The maximum Gasteiger partial charge on any atom is 0.241 e. The monoisotopic (exact) mass is 453 g/mol. The van der Waals surface area contributed by atoms with E-state index in [1.54, 1.807) is 36.5 Å². The van der Waals surface area contributed by atoms with E-state index in [1.807, 2.05) is 24.3 Å². The lowest BCUT2D eigenvalue weighted by atomic mass is 10.0. The highest BCUT2D eigenvalue weighted by molar-refractivity contribution is 7.89. The topological polar surface area (TPSA) is 111 Å². The fourth-order valence-electron chi connectivity index (χ4n) is 3.15. The molecule has 0 atom stereocenters. The number of primary sulfonamides is 1. The van der Waals surface area contributed by atoms with E-state index in [0.717, 1.165) is 18.5 Å². The predicted molar refractivity (Wildman–Crippen MR) is 125 cm³/mol. The van der Waals surface area contributed by atoms with Crippen molar-refractivity contribution in [3.8, 4) is 11.5 Å². The molecule has 0 fully saturated rings. The number of nitrogens with two attached hydrogens (primary N) is 1. The number of ketones is 1. The molecule has 1 aromatic heterocycles. The molecule has 0 aliphatic carbocycles. The number of ether oxygens (including phenoxy) is 1. The van der Waals surface area contributed by atoms with Gasteiger partial charge in [-0.1, -0.05) is 37.6 Å². The number of para-hydroxylation sites is 1. The third-order valence-electron chi connectivity index (χ3n) is 4.83. The highest BCUT2D eigenvalue weighted by Crippen LogP contribution is 2.37. The Bertz CT molecular complexity index is 1150. The van der Waals surface area contributed by atoms with Gasteiger partial charge in [-0.3, -0.25) is 9.78 Å². The number of rotatable bonds is 11. The molecule has 7 nitrogen and oxygen atoms in total. The van der Waals surface area contributed by atoms with Crippen LogP contribution < -0.4 is 15.2 Å². The first-order valence-electron chi connectivity index (χ1n) is 10.5. The molecule has 0 radical (unpaired) electrons. The van der Waals surface area contributed by atoms with Gasteiger partial charge in [0.05, 0.1) is 5.69 Å². The molecule has 168 valence electrons. The summed E-state index contributed by atoms with van der Waals surface area (Å²) < 4.78 is 30.8. The highest BCUT2D eigenvalue weighted by atomic mass is 32.2. The second-order valence-electron chi connectivity index (χ2n) is 7.34. The number of aryl methyl sites for hydroxylation is 1. The fraction of sp³-hybridized carbons (Fsp3) is 0.250. The van der Waals surface area contributed by atoms with Gasteiger partial charge in [0.15, 0.2) is 11.5 Å². The summed E-state index contributed by atoms with van der Waals surface area (Å²) >= 11 is 0. The van der Waals surface area contributed by atoms with Gasteiger partial charge in [0.1, 0.15) is 10.6 Å². The minimum atomic E-state index is -4.16. The Hall–Kier alpha value is -3.23. The Morgan fingerprint density at radius 1 is 1.09 bits per heavy atom. The van der Waals surface area contributed by atoms with Crippen molar-refractivity contribution in [2.24, 2.45) is 5.14 Å². The molecule has 0 bridgehead atoms. The summed E-state index contributed by atoms with van der Waals surface area (Å²) in [7, 11) is -4.16. The SMILES string of the molecule is CCCCNc1cc(C(=O)CCc2ccccn2)cc(S(N)(=O)=O)c1Oc1ccccc1. The number of sulfonamides is 1. The molecule has 3 rings (SSSR count). The lowest BCUT2D eigenvalue weighted by molar-refractivity contribution is 0.0982. The molecule has 0 spiro atoms. The molecule has 0 amide bonds. The van der Waals surface area contributed by atoms with Crippen LogP contribution >= 0.6 is 0 Å². The number of benzene rings is 2. The van der Waals surface area contributed by atoms with Crippen molar-refractivity contribution in [2.75, 3.05) is 11.9 Å². The van der Waals surface area contributed by atoms with Crippen LogP contribution in [0.5, 0.6) is 11.5 Å². The van der Waals surface area contributed by atoms with E-state index in [4.69, 9.17) is 9.88 Å². The van der Waals surface area contributed by atoms with Crippen molar-refractivity contribution in [2.45, 2.75) is 37.5 Å². The summed E-state index contributed by atoms with van der Waals surface area (Å²) in [6, 6.07) is 17.3. The van der Waals surface area contributed by atoms with Gasteiger partial charge in [-0.15, -0.1) is 0 Å². The van der Waals surface area contributed by atoms with E-state index in [-0.39, 0.29) is 28.4 Å². The van der Waals surface area contributed by atoms with Crippen molar-refractivity contribution >= 4 is 21.5 Å². The average molecular weight is 454 g/mol. The first kappa shape index (κ1) is 23.4. The van der Waals surface area contributed by atoms with Crippen LogP contribution in [0.1, 0.15) is 42.2 Å². The molecule has 1 heterocycles. The Morgan fingerprint density at radius 3 is 2.50 bits per heavy atom. The van der Waals surface area contributed by atoms with E-state index >= 15 is 0 Å². The van der Waals surface area contributed by atoms with Gasteiger partial charge >= 0.3 is 0 Å². The lowest BCUT2D eigenvalue weighted by Crippen LogP contribution is -2.16. The van der Waals surface area contributed by atoms with Gasteiger partial charge in [0, 0.05) is 30.4 Å². The maximum absolute atomic E-state index is 12.9. The molecular formula is C24H27N3O4S. The smallest absolute Gasteiger partial charge is 0.241 e. The zero-order valence-corrected chi connectivity index (χ0v) is 18.8.